The monoisotopic (exact) mass is 472 g/mol. The Balaban J connectivity index is 1.36. The van der Waals surface area contributed by atoms with E-state index in [0.29, 0.717) is 12.8 Å². The number of rotatable bonds is 9. The molecule has 1 unspecified atom stereocenters. The maximum absolute atomic E-state index is 12.6. The number of fused-ring (bicyclic) bond motifs is 3. The Morgan fingerprint density at radius 3 is 2.12 bits per heavy atom. The summed E-state index contributed by atoms with van der Waals surface area (Å²) in [7, 11) is 0. The van der Waals surface area contributed by atoms with Crippen molar-refractivity contribution >= 4 is 18.0 Å². The summed E-state index contributed by atoms with van der Waals surface area (Å²) in [5.41, 5.74) is 3.49. The quantitative estimate of drug-likeness (QED) is 0.511. The van der Waals surface area contributed by atoms with E-state index in [-0.39, 0.29) is 18.9 Å². The van der Waals surface area contributed by atoms with Gasteiger partial charge < -0.3 is 20.5 Å². The summed E-state index contributed by atoms with van der Waals surface area (Å²) in [6.45, 7) is 0.123. The molecule has 0 radical (unpaired) electrons. The zero-order valence-corrected chi connectivity index (χ0v) is 18.4. The second kappa shape index (κ2) is 9.79. The first-order valence-corrected chi connectivity index (χ1v) is 11.2. The number of carboxylic acid groups (broad SMARTS) is 1. The van der Waals surface area contributed by atoms with Gasteiger partial charge in [-0.05, 0) is 41.5 Å². The first kappa shape index (κ1) is 23.7. The highest BCUT2D eigenvalue weighted by Gasteiger charge is 2.42. The van der Waals surface area contributed by atoms with Crippen molar-refractivity contribution in [3.05, 3.63) is 59.7 Å². The predicted molar refractivity (Wildman–Crippen MR) is 120 cm³/mol. The molecule has 0 heterocycles. The van der Waals surface area contributed by atoms with Crippen molar-refractivity contribution in [2.24, 2.45) is 0 Å². The number of hydrogen-bond acceptors (Lipinski definition) is 4. The van der Waals surface area contributed by atoms with Crippen LogP contribution in [0.3, 0.4) is 0 Å². The zero-order valence-electron chi connectivity index (χ0n) is 18.4. The molecule has 34 heavy (non-hydrogen) atoms. The summed E-state index contributed by atoms with van der Waals surface area (Å²) in [5, 5.41) is 14.0. The lowest BCUT2D eigenvalue weighted by molar-refractivity contribution is -0.143. The number of hydrogen-bond donors (Lipinski definition) is 3. The number of carboxylic acids is 1. The summed E-state index contributed by atoms with van der Waals surface area (Å²) in [4.78, 5) is 36.1. The predicted octanol–water partition coefficient (Wildman–Crippen LogP) is 4.06. The maximum Gasteiger partial charge on any atom is 0.407 e. The minimum Gasteiger partial charge on any atom is -0.480 e. The summed E-state index contributed by atoms with van der Waals surface area (Å²) in [6, 6.07) is 14.2. The molecule has 9 heteroatoms. The van der Waals surface area contributed by atoms with E-state index in [4.69, 9.17) is 9.84 Å². The summed E-state index contributed by atoms with van der Waals surface area (Å²) in [6.07, 6.45) is -2.92. The van der Waals surface area contributed by atoms with E-state index >= 15 is 0 Å². The highest BCUT2D eigenvalue weighted by atomic mass is 19.3. The second-order valence-corrected chi connectivity index (χ2v) is 8.85. The van der Waals surface area contributed by atoms with Crippen LogP contribution >= 0.6 is 0 Å². The smallest absolute Gasteiger partial charge is 0.407 e. The van der Waals surface area contributed by atoms with Gasteiger partial charge in [-0.1, -0.05) is 48.5 Å². The van der Waals surface area contributed by atoms with E-state index < -0.39 is 42.4 Å². The molecule has 2 aliphatic carbocycles. The fourth-order valence-corrected chi connectivity index (χ4v) is 4.75. The Labute approximate surface area is 195 Å². The van der Waals surface area contributed by atoms with Crippen LogP contribution in [0.2, 0.25) is 0 Å². The first-order valence-electron chi connectivity index (χ1n) is 11.2. The Bertz CT molecular complexity index is 1040. The van der Waals surface area contributed by atoms with Gasteiger partial charge in [-0.3, -0.25) is 4.79 Å². The number of ether oxygens (including phenoxy) is 1. The molecule has 1 atom stereocenters. The third kappa shape index (κ3) is 5.03. The SMILES string of the molecule is O=C(CC1(NC(=O)OCC2c3ccccc3-c3ccccc32)CCC1)NC(CC(F)F)C(=O)O. The number of alkyl halides is 2. The summed E-state index contributed by atoms with van der Waals surface area (Å²) < 4.78 is 30.7. The highest BCUT2D eigenvalue weighted by molar-refractivity contribution is 5.85. The molecule has 0 spiro atoms. The van der Waals surface area contributed by atoms with Crippen LogP contribution in [0.15, 0.2) is 48.5 Å². The average molecular weight is 472 g/mol. The van der Waals surface area contributed by atoms with Gasteiger partial charge in [0.2, 0.25) is 12.3 Å². The largest absolute Gasteiger partial charge is 0.480 e. The van der Waals surface area contributed by atoms with Crippen LogP contribution in [-0.4, -0.2) is 47.7 Å². The van der Waals surface area contributed by atoms with Gasteiger partial charge in [0.1, 0.15) is 12.6 Å². The Hall–Kier alpha value is -3.49. The lowest BCUT2D eigenvalue weighted by atomic mass is 9.74. The molecule has 2 aromatic rings. The van der Waals surface area contributed by atoms with Crippen LogP contribution in [0.5, 0.6) is 0 Å². The van der Waals surface area contributed by atoms with Crippen LogP contribution in [0.25, 0.3) is 11.1 Å². The molecule has 0 aliphatic heterocycles. The van der Waals surface area contributed by atoms with Crippen LogP contribution in [0, 0.1) is 0 Å². The topological polar surface area (TPSA) is 105 Å². The van der Waals surface area contributed by atoms with Crippen molar-refractivity contribution in [2.75, 3.05) is 6.61 Å². The lowest BCUT2D eigenvalue weighted by Crippen LogP contribution is -2.57. The summed E-state index contributed by atoms with van der Waals surface area (Å²) >= 11 is 0. The van der Waals surface area contributed by atoms with Crippen molar-refractivity contribution in [2.45, 2.75) is 56.0 Å². The van der Waals surface area contributed by atoms with Crippen molar-refractivity contribution in [3.8, 4) is 11.1 Å². The summed E-state index contributed by atoms with van der Waals surface area (Å²) in [5.74, 6) is -2.34. The van der Waals surface area contributed by atoms with Crippen molar-refractivity contribution in [1.82, 2.24) is 10.6 Å². The minimum atomic E-state index is -2.86. The molecular formula is C25H26F2N2O5. The molecule has 1 fully saturated rings. The third-order valence-electron chi connectivity index (χ3n) is 6.57. The fourth-order valence-electron chi connectivity index (χ4n) is 4.75. The molecule has 1 saturated carbocycles. The molecule has 7 nitrogen and oxygen atoms in total. The molecule has 0 saturated heterocycles. The highest BCUT2D eigenvalue weighted by Crippen LogP contribution is 2.44. The number of nitrogens with one attached hydrogen (secondary N) is 2. The molecular weight excluding hydrogens is 446 g/mol. The number of carbonyl (C=O) groups excluding carboxylic acids is 2. The zero-order chi connectivity index (χ0) is 24.3. The lowest BCUT2D eigenvalue weighted by Gasteiger charge is -2.41. The fraction of sp³-hybridized carbons (Fsp3) is 0.400. The number of amides is 2. The van der Waals surface area contributed by atoms with Crippen molar-refractivity contribution in [1.29, 1.82) is 0 Å². The normalized spacial score (nSPS) is 16.7. The Kier molecular flexibility index (Phi) is 6.81. The van der Waals surface area contributed by atoms with E-state index in [2.05, 4.69) is 10.6 Å². The molecule has 4 rings (SSSR count). The van der Waals surface area contributed by atoms with E-state index in [0.717, 1.165) is 28.7 Å². The Morgan fingerprint density at radius 1 is 1.03 bits per heavy atom. The molecule has 2 aromatic carbocycles. The second-order valence-electron chi connectivity index (χ2n) is 8.85. The average Bonchev–Trinajstić information content (AvgIpc) is 3.09. The number of carbonyl (C=O) groups is 3. The molecule has 3 N–H and O–H groups in total. The van der Waals surface area contributed by atoms with Gasteiger partial charge in [-0.2, -0.15) is 0 Å². The minimum absolute atomic E-state index is 0.107. The van der Waals surface area contributed by atoms with E-state index in [1.165, 1.54) is 0 Å². The first-order chi connectivity index (χ1) is 16.3. The van der Waals surface area contributed by atoms with Crippen molar-refractivity contribution in [3.63, 3.8) is 0 Å². The number of aliphatic carboxylic acids is 1. The van der Waals surface area contributed by atoms with Gasteiger partial charge in [0.25, 0.3) is 0 Å². The van der Waals surface area contributed by atoms with Crippen LogP contribution < -0.4 is 10.6 Å². The van der Waals surface area contributed by atoms with Crippen LogP contribution in [-0.2, 0) is 14.3 Å². The Morgan fingerprint density at radius 2 is 1.62 bits per heavy atom. The van der Waals surface area contributed by atoms with E-state index in [1.807, 2.05) is 48.5 Å². The maximum atomic E-state index is 12.6. The standard InChI is InChI=1S/C25H26F2N2O5/c26-21(27)12-20(23(31)32)28-22(30)13-25(10-5-11-25)29-24(33)34-14-19-17-8-3-1-6-15(17)16-7-2-4-9-18(16)19/h1-4,6-9,19-21H,5,10-14H2,(H,28,30)(H,29,33)(H,31,32). The van der Waals surface area contributed by atoms with Gasteiger partial charge in [0, 0.05) is 18.8 Å². The van der Waals surface area contributed by atoms with E-state index in [9.17, 15) is 23.2 Å². The van der Waals surface area contributed by atoms with Gasteiger partial charge in [0.15, 0.2) is 0 Å². The molecule has 2 amide bonds. The van der Waals surface area contributed by atoms with Crippen LogP contribution in [0.4, 0.5) is 13.6 Å². The number of alkyl carbamates (subject to hydrolysis) is 1. The van der Waals surface area contributed by atoms with Gasteiger partial charge in [-0.25, -0.2) is 18.4 Å². The molecule has 0 bridgehead atoms. The third-order valence-corrected chi connectivity index (χ3v) is 6.57. The van der Waals surface area contributed by atoms with Gasteiger partial charge in [0.05, 0.1) is 5.54 Å². The van der Waals surface area contributed by atoms with Crippen LogP contribution in [0.1, 0.15) is 49.1 Å². The molecule has 0 aromatic heterocycles. The molecule has 2 aliphatic rings. The van der Waals surface area contributed by atoms with E-state index in [1.54, 1.807) is 0 Å². The number of halogens is 2. The number of benzene rings is 2. The van der Waals surface area contributed by atoms with Gasteiger partial charge in [-0.15, -0.1) is 0 Å². The molecule has 180 valence electrons. The van der Waals surface area contributed by atoms with Crippen molar-refractivity contribution < 1.29 is 33.0 Å². The van der Waals surface area contributed by atoms with Gasteiger partial charge >= 0.3 is 12.1 Å².